The van der Waals surface area contributed by atoms with Gasteiger partial charge in [0.1, 0.15) is 5.75 Å². The first-order valence-corrected chi connectivity index (χ1v) is 11.2. The number of hydrogen-bond donors (Lipinski definition) is 0. The molecule has 4 rings (SSSR count). The Bertz CT molecular complexity index is 1230. The van der Waals surface area contributed by atoms with Crippen LogP contribution in [-0.4, -0.2) is 22.6 Å². The number of nitrogens with zero attached hydrogens (tertiary/aromatic N) is 3. The van der Waals surface area contributed by atoms with E-state index in [0.29, 0.717) is 18.2 Å². The SMILES string of the molecule is COc1ccc2nc(N(Cc3ccccc3)C(=O)CCn3c(C)csc3=O)sc2c1. The predicted molar refractivity (Wildman–Crippen MR) is 122 cm³/mol. The summed E-state index contributed by atoms with van der Waals surface area (Å²) in [6.45, 7) is 2.66. The van der Waals surface area contributed by atoms with Gasteiger partial charge >= 0.3 is 4.87 Å². The Labute approximate surface area is 182 Å². The van der Waals surface area contributed by atoms with E-state index >= 15 is 0 Å². The van der Waals surface area contributed by atoms with E-state index < -0.39 is 0 Å². The van der Waals surface area contributed by atoms with Crippen molar-refractivity contribution in [1.29, 1.82) is 0 Å². The molecule has 0 saturated carbocycles. The molecule has 0 aliphatic carbocycles. The highest BCUT2D eigenvalue weighted by atomic mass is 32.1. The summed E-state index contributed by atoms with van der Waals surface area (Å²) in [5, 5.41) is 2.46. The number of carbonyl (C=O) groups excluding carboxylic acids is 1. The second kappa shape index (κ2) is 8.81. The Hall–Kier alpha value is -2.97. The number of rotatable bonds is 7. The molecule has 0 atom stereocenters. The van der Waals surface area contributed by atoms with Crippen LogP contribution in [0.3, 0.4) is 0 Å². The number of hydrogen-bond acceptors (Lipinski definition) is 6. The molecule has 154 valence electrons. The maximum atomic E-state index is 13.2. The van der Waals surface area contributed by atoms with E-state index in [2.05, 4.69) is 4.98 Å². The van der Waals surface area contributed by atoms with Crippen LogP contribution >= 0.6 is 22.7 Å². The minimum atomic E-state index is -0.0672. The lowest BCUT2D eigenvalue weighted by atomic mass is 10.2. The van der Waals surface area contributed by atoms with Crippen LogP contribution in [-0.2, 0) is 17.9 Å². The lowest BCUT2D eigenvalue weighted by Crippen LogP contribution is -2.31. The molecule has 0 bridgehead atoms. The van der Waals surface area contributed by atoms with Crippen molar-refractivity contribution in [2.45, 2.75) is 26.4 Å². The van der Waals surface area contributed by atoms with Gasteiger partial charge in [-0.25, -0.2) is 4.98 Å². The van der Waals surface area contributed by atoms with E-state index in [9.17, 15) is 9.59 Å². The number of amides is 1. The van der Waals surface area contributed by atoms with Crippen molar-refractivity contribution in [3.63, 3.8) is 0 Å². The van der Waals surface area contributed by atoms with Crippen LogP contribution in [0.1, 0.15) is 17.7 Å². The second-order valence-electron chi connectivity index (χ2n) is 6.84. The van der Waals surface area contributed by atoms with Gasteiger partial charge in [-0.1, -0.05) is 53.0 Å². The molecular weight excluding hydrogens is 418 g/mol. The summed E-state index contributed by atoms with van der Waals surface area (Å²) in [6.07, 6.45) is 0.226. The molecule has 6 nitrogen and oxygen atoms in total. The predicted octanol–water partition coefficient (Wildman–Crippen LogP) is 4.46. The molecule has 2 aromatic carbocycles. The molecule has 0 fully saturated rings. The zero-order chi connectivity index (χ0) is 21.1. The summed E-state index contributed by atoms with van der Waals surface area (Å²) in [4.78, 5) is 31.6. The number of benzene rings is 2. The quantitative estimate of drug-likeness (QED) is 0.426. The van der Waals surface area contributed by atoms with E-state index in [0.717, 1.165) is 38.6 Å². The molecule has 0 N–H and O–H groups in total. The fourth-order valence-electron chi connectivity index (χ4n) is 3.18. The molecule has 2 aromatic heterocycles. The summed E-state index contributed by atoms with van der Waals surface area (Å²) in [5.74, 6) is 0.688. The molecule has 0 aliphatic heterocycles. The highest BCUT2D eigenvalue weighted by Gasteiger charge is 2.21. The fourth-order valence-corrected chi connectivity index (χ4v) is 4.95. The lowest BCUT2D eigenvalue weighted by Gasteiger charge is -2.20. The molecule has 0 saturated heterocycles. The summed E-state index contributed by atoms with van der Waals surface area (Å²) in [7, 11) is 1.63. The summed E-state index contributed by atoms with van der Waals surface area (Å²) >= 11 is 2.62. The fraction of sp³-hybridized carbons (Fsp3) is 0.227. The Morgan fingerprint density at radius 1 is 1.20 bits per heavy atom. The van der Waals surface area contributed by atoms with Gasteiger partial charge in [-0.2, -0.15) is 0 Å². The number of aromatic nitrogens is 2. The number of methoxy groups -OCH3 is 1. The Morgan fingerprint density at radius 2 is 2.00 bits per heavy atom. The van der Waals surface area contributed by atoms with Gasteiger partial charge in [0, 0.05) is 24.0 Å². The minimum absolute atomic E-state index is 0.0398. The number of anilines is 1. The first-order valence-electron chi connectivity index (χ1n) is 9.49. The molecule has 0 unspecified atom stereocenters. The van der Waals surface area contributed by atoms with Crippen LogP contribution in [0.4, 0.5) is 5.13 Å². The smallest absolute Gasteiger partial charge is 0.307 e. The highest BCUT2D eigenvalue weighted by molar-refractivity contribution is 7.22. The third-order valence-electron chi connectivity index (χ3n) is 4.83. The number of ether oxygens (including phenoxy) is 1. The maximum absolute atomic E-state index is 13.2. The number of fused-ring (bicyclic) bond motifs is 1. The largest absolute Gasteiger partial charge is 0.497 e. The highest BCUT2D eigenvalue weighted by Crippen LogP contribution is 2.32. The Morgan fingerprint density at radius 3 is 2.70 bits per heavy atom. The third kappa shape index (κ3) is 4.29. The normalized spacial score (nSPS) is 11.0. The van der Waals surface area contributed by atoms with Crippen LogP contribution in [0.2, 0.25) is 0 Å². The van der Waals surface area contributed by atoms with E-state index in [1.54, 1.807) is 16.6 Å². The Kier molecular flexibility index (Phi) is 5.96. The number of carbonyl (C=O) groups is 1. The number of aryl methyl sites for hydroxylation is 1. The van der Waals surface area contributed by atoms with Crippen molar-refractivity contribution < 1.29 is 9.53 Å². The third-order valence-corrected chi connectivity index (χ3v) is 6.75. The second-order valence-corrected chi connectivity index (χ2v) is 8.67. The average molecular weight is 440 g/mol. The zero-order valence-electron chi connectivity index (χ0n) is 16.7. The lowest BCUT2D eigenvalue weighted by molar-refractivity contribution is -0.119. The standard InChI is InChI=1S/C22H21N3O3S2/c1-15-14-29-22(27)24(15)11-10-20(26)25(13-16-6-4-3-5-7-16)21-23-18-9-8-17(28-2)12-19(18)30-21/h3-9,12,14H,10-11,13H2,1-2H3. The van der Waals surface area contributed by atoms with Crippen molar-refractivity contribution in [2.75, 3.05) is 12.0 Å². The van der Waals surface area contributed by atoms with Crippen LogP contribution in [0.5, 0.6) is 5.75 Å². The van der Waals surface area contributed by atoms with Gasteiger partial charge in [0.05, 0.1) is 23.9 Å². The van der Waals surface area contributed by atoms with E-state index in [-0.39, 0.29) is 17.2 Å². The molecule has 0 radical (unpaired) electrons. The van der Waals surface area contributed by atoms with Crippen molar-refractivity contribution in [2.24, 2.45) is 0 Å². The van der Waals surface area contributed by atoms with Crippen molar-refractivity contribution in [3.05, 3.63) is 74.8 Å². The molecule has 2 heterocycles. The molecule has 8 heteroatoms. The van der Waals surface area contributed by atoms with Crippen molar-refractivity contribution in [1.82, 2.24) is 9.55 Å². The van der Waals surface area contributed by atoms with Crippen LogP contribution in [0, 0.1) is 6.92 Å². The van der Waals surface area contributed by atoms with Crippen molar-refractivity contribution in [3.8, 4) is 5.75 Å². The zero-order valence-corrected chi connectivity index (χ0v) is 18.3. The minimum Gasteiger partial charge on any atom is -0.497 e. The van der Waals surface area contributed by atoms with Gasteiger partial charge in [-0.05, 0) is 30.7 Å². The van der Waals surface area contributed by atoms with Crippen LogP contribution in [0.25, 0.3) is 10.2 Å². The van der Waals surface area contributed by atoms with Gasteiger partial charge in [0.15, 0.2) is 5.13 Å². The van der Waals surface area contributed by atoms with Gasteiger partial charge in [-0.15, -0.1) is 0 Å². The molecule has 0 spiro atoms. The molecule has 0 aliphatic rings. The summed E-state index contributed by atoms with van der Waals surface area (Å²) in [6, 6.07) is 15.5. The van der Waals surface area contributed by atoms with Gasteiger partial charge in [0.25, 0.3) is 0 Å². The molecule has 4 aromatic rings. The summed E-state index contributed by atoms with van der Waals surface area (Å²) < 4.78 is 7.91. The van der Waals surface area contributed by atoms with Crippen molar-refractivity contribution >= 4 is 43.9 Å². The monoisotopic (exact) mass is 439 g/mol. The molecule has 1 amide bonds. The van der Waals surface area contributed by atoms with Gasteiger partial charge < -0.3 is 9.30 Å². The Balaban J connectivity index is 1.63. The molecular formula is C22H21N3O3S2. The maximum Gasteiger partial charge on any atom is 0.307 e. The van der Waals surface area contributed by atoms with Gasteiger partial charge in [-0.3, -0.25) is 14.5 Å². The van der Waals surface area contributed by atoms with E-state index in [1.807, 2.05) is 60.8 Å². The molecule has 30 heavy (non-hydrogen) atoms. The first kappa shape index (κ1) is 20.3. The van der Waals surface area contributed by atoms with E-state index in [1.165, 1.54) is 11.3 Å². The first-order chi connectivity index (χ1) is 14.5. The number of thiazole rings is 2. The summed E-state index contributed by atoms with van der Waals surface area (Å²) in [5.41, 5.74) is 2.72. The topological polar surface area (TPSA) is 64.4 Å². The average Bonchev–Trinajstić information content (AvgIpc) is 3.33. The van der Waals surface area contributed by atoms with E-state index in [4.69, 9.17) is 4.74 Å². The van der Waals surface area contributed by atoms with Crippen LogP contribution < -0.4 is 14.5 Å². The van der Waals surface area contributed by atoms with Crippen LogP contribution in [0.15, 0.2) is 58.7 Å². The van der Waals surface area contributed by atoms with Gasteiger partial charge in [0.2, 0.25) is 5.91 Å².